The molecule has 7 heteroatoms. The lowest BCUT2D eigenvalue weighted by molar-refractivity contribution is -0.135. The molecular weight excluding hydrogens is 237 g/mol. The number of halogens is 3. The van der Waals surface area contributed by atoms with Gasteiger partial charge in [0.2, 0.25) is 0 Å². The van der Waals surface area contributed by atoms with Crippen molar-refractivity contribution in [1.29, 1.82) is 0 Å². The maximum absolute atomic E-state index is 11.8. The first kappa shape index (κ1) is 15.2. The molecule has 0 atom stereocenters. The molecule has 96 valence electrons. The molecule has 0 fully saturated rings. The van der Waals surface area contributed by atoms with Gasteiger partial charge in [-0.05, 0) is 18.6 Å². The summed E-state index contributed by atoms with van der Waals surface area (Å²) in [6, 6.07) is 2.99. The summed E-state index contributed by atoms with van der Waals surface area (Å²) in [4.78, 5) is 12.8. The highest BCUT2D eigenvalue weighted by Crippen LogP contribution is 2.21. The minimum absolute atomic E-state index is 0.117. The molecule has 1 rings (SSSR count). The summed E-state index contributed by atoms with van der Waals surface area (Å²) in [6.45, 7) is 1.08. The van der Waals surface area contributed by atoms with Crippen LogP contribution in [0.3, 0.4) is 0 Å². The van der Waals surface area contributed by atoms with Gasteiger partial charge in [-0.2, -0.15) is 13.2 Å². The summed E-state index contributed by atoms with van der Waals surface area (Å²) in [5.41, 5.74) is 6.19. The van der Waals surface area contributed by atoms with E-state index in [9.17, 15) is 13.2 Å². The molecule has 1 heterocycles. The van der Waals surface area contributed by atoms with E-state index >= 15 is 0 Å². The molecule has 0 spiro atoms. The smallest absolute Gasteiger partial charge is 0.389 e. The number of carboxylic acid groups (broad SMARTS) is 1. The number of aliphatic carboxylic acids is 1. The van der Waals surface area contributed by atoms with Crippen LogP contribution < -0.4 is 5.73 Å². The van der Waals surface area contributed by atoms with Gasteiger partial charge in [-0.1, -0.05) is 0 Å². The molecule has 0 unspecified atom stereocenters. The maximum atomic E-state index is 11.8. The van der Waals surface area contributed by atoms with Gasteiger partial charge in [0.1, 0.15) is 0 Å². The summed E-state index contributed by atoms with van der Waals surface area (Å²) in [6.07, 6.45) is -3.70. The largest absolute Gasteiger partial charge is 0.481 e. The van der Waals surface area contributed by atoms with E-state index in [0.717, 1.165) is 6.92 Å². The van der Waals surface area contributed by atoms with Gasteiger partial charge in [0, 0.05) is 30.9 Å². The van der Waals surface area contributed by atoms with Crippen LogP contribution in [0.25, 0.3) is 0 Å². The lowest BCUT2D eigenvalue weighted by Gasteiger charge is -2.05. The number of aromatic nitrogens is 1. The monoisotopic (exact) mass is 250 g/mol. The Balaban J connectivity index is 0.000000557. The number of nitrogen functional groups attached to an aromatic ring is 1. The predicted molar refractivity (Wildman–Crippen MR) is 56.3 cm³/mol. The zero-order valence-electron chi connectivity index (χ0n) is 9.16. The van der Waals surface area contributed by atoms with Crippen LogP contribution in [-0.2, 0) is 11.2 Å². The van der Waals surface area contributed by atoms with Crippen LogP contribution >= 0.6 is 0 Å². The highest BCUT2D eigenvalue weighted by Gasteiger charge is 2.26. The summed E-state index contributed by atoms with van der Waals surface area (Å²) < 4.78 is 35.3. The number of nitrogens with zero attached hydrogens (tertiary/aromatic N) is 1. The molecule has 0 aliphatic rings. The fraction of sp³-hybridized carbons (Fsp3) is 0.400. The third-order valence-corrected chi connectivity index (χ3v) is 1.51. The number of nitrogens with two attached hydrogens (primary N) is 1. The van der Waals surface area contributed by atoms with Crippen molar-refractivity contribution >= 4 is 11.7 Å². The van der Waals surface area contributed by atoms with E-state index in [1.165, 1.54) is 18.3 Å². The molecule has 0 radical (unpaired) electrons. The molecular formula is C10H13F3N2O2. The number of anilines is 1. The Kier molecular flexibility index (Phi) is 6.01. The minimum Gasteiger partial charge on any atom is -0.481 e. The topological polar surface area (TPSA) is 76.2 Å². The number of carboxylic acids is 1. The average Bonchev–Trinajstić information content (AvgIpc) is 2.13. The molecule has 1 aromatic rings. The van der Waals surface area contributed by atoms with Crippen LogP contribution in [0, 0.1) is 0 Å². The van der Waals surface area contributed by atoms with Crippen LogP contribution in [0.1, 0.15) is 19.0 Å². The van der Waals surface area contributed by atoms with E-state index < -0.39 is 18.6 Å². The summed E-state index contributed by atoms with van der Waals surface area (Å²) >= 11 is 0. The second kappa shape index (κ2) is 6.72. The fourth-order valence-electron chi connectivity index (χ4n) is 0.903. The van der Waals surface area contributed by atoms with Crippen LogP contribution in [0.4, 0.5) is 18.9 Å². The van der Waals surface area contributed by atoms with Crippen molar-refractivity contribution in [1.82, 2.24) is 4.98 Å². The van der Waals surface area contributed by atoms with Crippen molar-refractivity contribution < 1.29 is 23.1 Å². The van der Waals surface area contributed by atoms with Gasteiger partial charge in [0.15, 0.2) is 0 Å². The van der Waals surface area contributed by atoms with Gasteiger partial charge in [-0.25, -0.2) is 0 Å². The van der Waals surface area contributed by atoms with E-state index in [2.05, 4.69) is 4.98 Å². The Labute approximate surface area is 96.3 Å². The zero-order valence-corrected chi connectivity index (χ0v) is 9.16. The lowest BCUT2D eigenvalue weighted by Crippen LogP contribution is -2.09. The fourth-order valence-corrected chi connectivity index (χ4v) is 0.903. The molecule has 0 saturated heterocycles. The van der Waals surface area contributed by atoms with E-state index in [-0.39, 0.29) is 6.42 Å². The Morgan fingerprint density at radius 2 is 2.06 bits per heavy atom. The first-order valence-electron chi connectivity index (χ1n) is 4.67. The van der Waals surface area contributed by atoms with Gasteiger partial charge in [0.05, 0.1) is 0 Å². The minimum atomic E-state index is -4.13. The molecule has 17 heavy (non-hydrogen) atoms. The summed E-state index contributed by atoms with van der Waals surface area (Å²) in [7, 11) is 0. The molecule has 0 aliphatic carbocycles. The van der Waals surface area contributed by atoms with Crippen molar-refractivity contribution in [2.45, 2.75) is 25.9 Å². The highest BCUT2D eigenvalue weighted by atomic mass is 19.4. The van der Waals surface area contributed by atoms with E-state index in [1.54, 1.807) is 0 Å². The maximum Gasteiger partial charge on any atom is 0.389 e. The number of hydrogen-bond acceptors (Lipinski definition) is 3. The molecule has 0 aromatic carbocycles. The second-order valence-electron chi connectivity index (χ2n) is 3.21. The number of hydrogen-bond donors (Lipinski definition) is 2. The van der Waals surface area contributed by atoms with Gasteiger partial charge in [-0.15, -0.1) is 0 Å². The third kappa shape index (κ3) is 10.5. The standard InChI is InChI=1S/C8H9F3N2.C2H4O2/c9-8(10,11)3-1-7-5-6(12)2-4-13-7;1-2(3)4/h2,4-5H,1,3H2,(H2,12,13);1H3,(H,3,4). The Hall–Kier alpha value is -1.79. The highest BCUT2D eigenvalue weighted by molar-refractivity contribution is 5.62. The van der Waals surface area contributed by atoms with Crippen molar-refractivity contribution in [2.24, 2.45) is 0 Å². The van der Waals surface area contributed by atoms with E-state index in [0.29, 0.717) is 11.4 Å². The summed E-state index contributed by atoms with van der Waals surface area (Å²) in [5, 5.41) is 7.42. The van der Waals surface area contributed by atoms with Crippen LogP contribution in [0.2, 0.25) is 0 Å². The van der Waals surface area contributed by atoms with Gasteiger partial charge < -0.3 is 10.8 Å². The van der Waals surface area contributed by atoms with Gasteiger partial charge >= 0.3 is 6.18 Å². The number of aryl methyl sites for hydroxylation is 1. The first-order valence-corrected chi connectivity index (χ1v) is 4.67. The average molecular weight is 250 g/mol. The molecule has 3 N–H and O–H groups in total. The Bertz CT molecular complexity index is 363. The van der Waals surface area contributed by atoms with E-state index in [1.807, 2.05) is 0 Å². The number of carbonyl (C=O) groups is 1. The van der Waals surface area contributed by atoms with Crippen molar-refractivity contribution in [3.63, 3.8) is 0 Å². The van der Waals surface area contributed by atoms with Gasteiger partial charge in [-0.3, -0.25) is 9.78 Å². The molecule has 0 amide bonds. The molecule has 0 bridgehead atoms. The Morgan fingerprint density at radius 3 is 2.47 bits per heavy atom. The lowest BCUT2D eigenvalue weighted by atomic mass is 10.2. The third-order valence-electron chi connectivity index (χ3n) is 1.51. The second-order valence-corrected chi connectivity index (χ2v) is 3.21. The number of rotatable bonds is 2. The summed E-state index contributed by atoms with van der Waals surface area (Å²) in [5.74, 6) is -0.833. The van der Waals surface area contributed by atoms with E-state index in [4.69, 9.17) is 15.6 Å². The molecule has 1 aromatic heterocycles. The molecule has 4 nitrogen and oxygen atoms in total. The van der Waals surface area contributed by atoms with Crippen molar-refractivity contribution in [2.75, 3.05) is 5.73 Å². The van der Waals surface area contributed by atoms with Gasteiger partial charge in [0.25, 0.3) is 5.97 Å². The van der Waals surface area contributed by atoms with Crippen LogP contribution in [0.15, 0.2) is 18.3 Å². The quantitative estimate of drug-likeness (QED) is 0.844. The SMILES string of the molecule is CC(=O)O.Nc1ccnc(CCC(F)(F)F)c1. The normalized spacial score (nSPS) is 10.4. The Morgan fingerprint density at radius 1 is 1.53 bits per heavy atom. The van der Waals surface area contributed by atoms with Crippen LogP contribution in [-0.4, -0.2) is 22.2 Å². The molecule has 0 aliphatic heterocycles. The first-order chi connectivity index (χ1) is 7.70. The predicted octanol–water partition coefficient (Wildman–Crippen LogP) is 2.25. The number of alkyl halides is 3. The zero-order chi connectivity index (χ0) is 13.5. The molecule has 0 saturated carbocycles. The van der Waals surface area contributed by atoms with Crippen molar-refractivity contribution in [3.05, 3.63) is 24.0 Å². The number of pyridine rings is 1. The van der Waals surface area contributed by atoms with Crippen molar-refractivity contribution in [3.8, 4) is 0 Å². The van der Waals surface area contributed by atoms with Crippen LogP contribution in [0.5, 0.6) is 0 Å².